The van der Waals surface area contributed by atoms with Gasteiger partial charge in [0.1, 0.15) is 6.10 Å². The Morgan fingerprint density at radius 3 is 2.23 bits per heavy atom. The van der Waals surface area contributed by atoms with E-state index in [1.54, 1.807) is 18.2 Å². The molecule has 122 valence electrons. The summed E-state index contributed by atoms with van der Waals surface area (Å²) >= 11 is 0. The van der Waals surface area contributed by atoms with Gasteiger partial charge < -0.3 is 9.16 Å². The van der Waals surface area contributed by atoms with Crippen LogP contribution >= 0.6 is 0 Å². The van der Waals surface area contributed by atoms with Crippen molar-refractivity contribution in [3.8, 4) is 0 Å². The Morgan fingerprint density at radius 2 is 1.77 bits per heavy atom. The molecular formula is C18H28O3Si. The van der Waals surface area contributed by atoms with Crippen LogP contribution in [0.3, 0.4) is 0 Å². The smallest absolute Gasteiger partial charge is 0.338 e. The maximum atomic E-state index is 12.2. The number of carbonyl (C=O) groups excluding carboxylic acids is 1. The van der Waals surface area contributed by atoms with E-state index in [1.165, 1.54) is 0 Å². The maximum absolute atomic E-state index is 12.2. The van der Waals surface area contributed by atoms with Crippen molar-refractivity contribution in [2.24, 2.45) is 0 Å². The van der Waals surface area contributed by atoms with Crippen LogP contribution in [-0.4, -0.2) is 26.5 Å². The molecule has 0 saturated heterocycles. The van der Waals surface area contributed by atoms with Gasteiger partial charge >= 0.3 is 5.97 Å². The van der Waals surface area contributed by atoms with Crippen LogP contribution in [0.5, 0.6) is 0 Å². The zero-order valence-corrected chi connectivity index (χ0v) is 15.6. The van der Waals surface area contributed by atoms with Gasteiger partial charge in [0.2, 0.25) is 0 Å². The van der Waals surface area contributed by atoms with Gasteiger partial charge in [0.25, 0.3) is 0 Å². The zero-order valence-electron chi connectivity index (χ0n) is 14.6. The van der Waals surface area contributed by atoms with Crippen LogP contribution in [0.2, 0.25) is 18.1 Å². The molecule has 4 heteroatoms. The van der Waals surface area contributed by atoms with Crippen LogP contribution in [0, 0.1) is 0 Å². The highest BCUT2D eigenvalue weighted by Gasteiger charge is 2.39. The van der Waals surface area contributed by atoms with E-state index < -0.39 is 14.4 Å². The first-order chi connectivity index (χ1) is 10.1. The summed E-state index contributed by atoms with van der Waals surface area (Å²) in [7, 11) is -1.92. The minimum Gasteiger partial charge on any atom is -0.452 e. The molecule has 22 heavy (non-hydrogen) atoms. The minimum atomic E-state index is -1.92. The summed E-state index contributed by atoms with van der Waals surface area (Å²) in [5, 5.41) is 0.108. The lowest BCUT2D eigenvalue weighted by Gasteiger charge is -2.39. The van der Waals surface area contributed by atoms with Gasteiger partial charge in [-0.1, -0.05) is 45.5 Å². The first-order valence-electron chi connectivity index (χ1n) is 7.65. The van der Waals surface area contributed by atoms with E-state index in [0.29, 0.717) is 5.56 Å². The van der Waals surface area contributed by atoms with Crippen molar-refractivity contribution in [2.45, 2.75) is 58.0 Å². The number of carbonyl (C=O) groups is 1. The number of ether oxygens (including phenoxy) is 1. The van der Waals surface area contributed by atoms with E-state index in [2.05, 4.69) is 40.4 Å². The average molecular weight is 321 g/mol. The van der Waals surface area contributed by atoms with E-state index >= 15 is 0 Å². The molecule has 0 spiro atoms. The van der Waals surface area contributed by atoms with Gasteiger partial charge in [-0.05, 0) is 43.3 Å². The molecular weight excluding hydrogens is 292 g/mol. The van der Waals surface area contributed by atoms with E-state index in [0.717, 1.165) is 0 Å². The Morgan fingerprint density at radius 1 is 1.23 bits per heavy atom. The van der Waals surface area contributed by atoms with E-state index in [9.17, 15) is 4.79 Å². The third-order valence-corrected chi connectivity index (χ3v) is 8.81. The van der Waals surface area contributed by atoms with E-state index in [4.69, 9.17) is 9.16 Å². The molecule has 2 atom stereocenters. The number of hydrogen-bond donors (Lipinski definition) is 0. The van der Waals surface area contributed by atoms with E-state index in [1.807, 2.05) is 25.1 Å². The van der Waals surface area contributed by atoms with Crippen LogP contribution in [0.15, 0.2) is 43.0 Å². The van der Waals surface area contributed by atoms with Gasteiger partial charge in [-0.25, -0.2) is 4.79 Å². The molecule has 0 bridgehead atoms. The first kappa shape index (κ1) is 18.7. The predicted octanol–water partition coefficient (Wildman–Crippen LogP) is 4.81. The fourth-order valence-electron chi connectivity index (χ4n) is 1.81. The van der Waals surface area contributed by atoms with Gasteiger partial charge in [-0.2, -0.15) is 0 Å². The molecule has 3 nitrogen and oxygen atoms in total. The molecule has 1 aromatic carbocycles. The molecule has 0 unspecified atom stereocenters. The normalized spacial score (nSPS) is 15.0. The Kier molecular flexibility index (Phi) is 6.14. The van der Waals surface area contributed by atoms with Crippen LogP contribution in [0.4, 0.5) is 0 Å². The Labute approximate surface area is 135 Å². The van der Waals surface area contributed by atoms with Crippen molar-refractivity contribution in [1.29, 1.82) is 0 Å². The van der Waals surface area contributed by atoms with Crippen LogP contribution in [-0.2, 0) is 9.16 Å². The Hall–Kier alpha value is -1.39. The molecule has 1 rings (SSSR count). The van der Waals surface area contributed by atoms with Crippen LogP contribution in [0.25, 0.3) is 0 Å². The van der Waals surface area contributed by atoms with Crippen molar-refractivity contribution in [1.82, 2.24) is 0 Å². The molecule has 0 fully saturated rings. The SMILES string of the molecule is C=C[C@H](OC(=O)c1ccccc1)[C@@H](C)O[Si](C)(C)C(C)(C)C. The monoisotopic (exact) mass is 320 g/mol. The predicted molar refractivity (Wildman–Crippen MR) is 93.6 cm³/mol. The molecule has 0 amide bonds. The fourth-order valence-corrected chi connectivity index (χ4v) is 3.23. The number of rotatable bonds is 6. The average Bonchev–Trinajstić information content (AvgIpc) is 2.43. The summed E-state index contributed by atoms with van der Waals surface area (Å²) in [6, 6.07) is 8.97. The second-order valence-corrected chi connectivity index (χ2v) is 11.8. The Balaban J connectivity index is 2.76. The van der Waals surface area contributed by atoms with Crippen molar-refractivity contribution < 1.29 is 14.0 Å². The maximum Gasteiger partial charge on any atom is 0.338 e. The molecule has 0 saturated carbocycles. The Bertz CT molecular complexity index is 503. The van der Waals surface area contributed by atoms with Crippen molar-refractivity contribution in [2.75, 3.05) is 0 Å². The zero-order chi connectivity index (χ0) is 17.0. The summed E-state index contributed by atoms with van der Waals surface area (Å²) in [6.45, 7) is 16.6. The van der Waals surface area contributed by atoms with Crippen LogP contribution < -0.4 is 0 Å². The summed E-state index contributed by atoms with van der Waals surface area (Å²) in [6.07, 6.45) is 0.964. The first-order valence-corrected chi connectivity index (χ1v) is 10.6. The quantitative estimate of drug-likeness (QED) is 0.429. The molecule has 1 aromatic rings. The minimum absolute atomic E-state index is 0.108. The highest BCUT2D eigenvalue weighted by atomic mass is 28.4. The fraction of sp³-hybridized carbons (Fsp3) is 0.500. The van der Waals surface area contributed by atoms with Gasteiger partial charge in [0, 0.05) is 0 Å². The lowest BCUT2D eigenvalue weighted by atomic mass is 10.2. The molecule has 0 aliphatic rings. The summed E-state index contributed by atoms with van der Waals surface area (Å²) in [5.74, 6) is -0.351. The summed E-state index contributed by atoms with van der Waals surface area (Å²) in [5.41, 5.74) is 0.536. The van der Waals surface area contributed by atoms with Crippen LogP contribution in [0.1, 0.15) is 38.1 Å². The molecule has 0 aromatic heterocycles. The molecule has 0 heterocycles. The lowest BCUT2D eigenvalue weighted by molar-refractivity contribution is 0.00916. The largest absolute Gasteiger partial charge is 0.452 e. The molecule has 0 aliphatic carbocycles. The summed E-state index contributed by atoms with van der Waals surface area (Å²) < 4.78 is 11.8. The topological polar surface area (TPSA) is 35.5 Å². The third-order valence-electron chi connectivity index (χ3n) is 4.23. The van der Waals surface area contributed by atoms with Crippen molar-refractivity contribution in [3.05, 3.63) is 48.6 Å². The third kappa shape index (κ3) is 4.82. The summed E-state index contributed by atoms with van der Waals surface area (Å²) in [4.78, 5) is 12.2. The lowest BCUT2D eigenvalue weighted by Crippen LogP contribution is -2.46. The standard InChI is InChI=1S/C18H28O3Si/c1-8-16(14(2)21-22(6,7)18(3,4)5)20-17(19)15-12-10-9-11-13-15/h8-14,16H,1H2,2-7H3/t14-,16+/m1/s1. The number of benzene rings is 1. The molecule has 0 radical (unpaired) electrons. The second kappa shape index (κ2) is 7.25. The highest BCUT2D eigenvalue weighted by Crippen LogP contribution is 2.37. The van der Waals surface area contributed by atoms with Gasteiger partial charge in [-0.15, -0.1) is 0 Å². The van der Waals surface area contributed by atoms with Gasteiger partial charge in [-0.3, -0.25) is 0 Å². The van der Waals surface area contributed by atoms with Crippen molar-refractivity contribution >= 4 is 14.3 Å². The van der Waals surface area contributed by atoms with E-state index in [-0.39, 0.29) is 17.1 Å². The van der Waals surface area contributed by atoms with Crippen molar-refractivity contribution in [3.63, 3.8) is 0 Å². The highest BCUT2D eigenvalue weighted by molar-refractivity contribution is 6.74. The van der Waals surface area contributed by atoms with Gasteiger partial charge in [0.15, 0.2) is 8.32 Å². The van der Waals surface area contributed by atoms with Gasteiger partial charge in [0.05, 0.1) is 11.7 Å². The second-order valence-electron chi connectivity index (χ2n) is 7.05. The number of esters is 1. The molecule has 0 aliphatic heterocycles. The molecule has 0 N–H and O–H groups in total. The number of hydrogen-bond acceptors (Lipinski definition) is 3.